The molecule has 16 heteroatoms. The van der Waals surface area contributed by atoms with Gasteiger partial charge in [0.05, 0.1) is 23.0 Å². The van der Waals surface area contributed by atoms with E-state index >= 15 is 0 Å². The number of thiazole rings is 1. The standard InChI is InChI=1S/C21H20BN4O9PS/c23-21-24-9-14(37-21)18(27)26-16(10-4-6-12(7-5-10)36(32,33)34)19(28)25-15-8-11-2-1-3-13(20(29)30)17(11)35-22(15)31/h1-7,9,15-16,31H,8H2,(H2,23,24)(H,25,28)(H,26,27)(H,29,30)(H2,32,33,34). The summed E-state index contributed by atoms with van der Waals surface area (Å²) in [7, 11) is -6.13. The van der Waals surface area contributed by atoms with Crippen LogP contribution in [0.4, 0.5) is 5.13 Å². The van der Waals surface area contributed by atoms with E-state index in [0.29, 0.717) is 5.56 Å². The molecule has 0 bridgehead atoms. The van der Waals surface area contributed by atoms with Crippen LogP contribution < -0.4 is 26.3 Å². The van der Waals surface area contributed by atoms with Crippen LogP contribution in [0.1, 0.15) is 37.2 Å². The number of carboxylic acid groups (broad SMARTS) is 1. The number of carboxylic acids is 1. The van der Waals surface area contributed by atoms with E-state index in [0.717, 1.165) is 23.5 Å². The predicted molar refractivity (Wildman–Crippen MR) is 132 cm³/mol. The molecule has 0 saturated carbocycles. The number of aromatic carboxylic acids is 1. The van der Waals surface area contributed by atoms with Crippen molar-refractivity contribution < 1.29 is 43.5 Å². The number of rotatable bonds is 7. The van der Waals surface area contributed by atoms with E-state index in [1.807, 2.05) is 0 Å². The van der Waals surface area contributed by atoms with Crippen molar-refractivity contribution in [1.29, 1.82) is 0 Å². The molecule has 0 aliphatic carbocycles. The van der Waals surface area contributed by atoms with Crippen LogP contribution >= 0.6 is 18.9 Å². The van der Waals surface area contributed by atoms with Gasteiger partial charge in [0.15, 0.2) is 5.13 Å². The normalized spacial score (nSPS) is 15.8. The lowest BCUT2D eigenvalue weighted by Crippen LogP contribution is -2.55. The third-order valence-electron chi connectivity index (χ3n) is 5.53. The summed E-state index contributed by atoms with van der Waals surface area (Å²) in [4.78, 5) is 60.2. The first-order valence-electron chi connectivity index (χ1n) is 10.6. The Morgan fingerprint density at radius 1 is 1.19 bits per heavy atom. The molecule has 0 spiro atoms. The monoisotopic (exact) mass is 546 g/mol. The number of nitrogen functional groups attached to an aromatic ring is 1. The highest BCUT2D eigenvalue weighted by molar-refractivity contribution is 7.60. The fraction of sp³-hybridized carbons (Fsp3) is 0.143. The summed E-state index contributed by atoms with van der Waals surface area (Å²) in [5.41, 5.74) is 6.08. The lowest BCUT2D eigenvalue weighted by atomic mass is 9.72. The van der Waals surface area contributed by atoms with Crippen LogP contribution in [0.5, 0.6) is 5.75 Å². The van der Waals surface area contributed by atoms with Crippen LogP contribution in [0, 0.1) is 0 Å². The molecular weight excluding hydrogens is 526 g/mol. The molecule has 1 aromatic heterocycles. The first-order chi connectivity index (χ1) is 17.4. The summed E-state index contributed by atoms with van der Waals surface area (Å²) < 4.78 is 16.9. The van der Waals surface area contributed by atoms with Gasteiger partial charge in [-0.3, -0.25) is 14.2 Å². The number of benzene rings is 2. The predicted octanol–water partition coefficient (Wildman–Crippen LogP) is -0.163. The van der Waals surface area contributed by atoms with Crippen molar-refractivity contribution >= 4 is 54.3 Å². The zero-order chi connectivity index (χ0) is 26.9. The zero-order valence-corrected chi connectivity index (χ0v) is 20.5. The van der Waals surface area contributed by atoms with Gasteiger partial charge in [-0.15, -0.1) is 0 Å². The summed E-state index contributed by atoms with van der Waals surface area (Å²) in [6.07, 6.45) is 1.27. The number of anilines is 1. The first-order valence-corrected chi connectivity index (χ1v) is 13.1. The van der Waals surface area contributed by atoms with Gasteiger partial charge >= 0.3 is 20.7 Å². The van der Waals surface area contributed by atoms with Crippen LogP contribution in [-0.4, -0.2) is 55.7 Å². The molecule has 2 aromatic carbocycles. The molecular formula is C21H20BN4O9PS. The summed E-state index contributed by atoms with van der Waals surface area (Å²) >= 11 is 0.894. The molecule has 4 rings (SSSR count). The number of fused-ring (bicyclic) bond motifs is 1. The maximum absolute atomic E-state index is 13.3. The van der Waals surface area contributed by atoms with Crippen molar-refractivity contribution in [1.82, 2.24) is 15.6 Å². The third kappa shape index (κ3) is 5.82. The molecule has 1 aliphatic rings. The van der Waals surface area contributed by atoms with Gasteiger partial charge in [-0.25, -0.2) is 9.78 Å². The first kappa shape index (κ1) is 26.3. The summed E-state index contributed by atoms with van der Waals surface area (Å²) in [5.74, 6) is -3.69. The molecule has 192 valence electrons. The number of nitrogens with zero attached hydrogens (tertiary/aromatic N) is 1. The topological polar surface area (TPSA) is 221 Å². The van der Waals surface area contributed by atoms with Crippen molar-refractivity contribution in [3.63, 3.8) is 0 Å². The molecule has 0 saturated heterocycles. The average molecular weight is 546 g/mol. The molecule has 0 fully saturated rings. The van der Waals surface area contributed by atoms with Gasteiger partial charge < -0.3 is 40.9 Å². The van der Waals surface area contributed by atoms with Crippen LogP contribution in [0.15, 0.2) is 48.7 Å². The minimum absolute atomic E-state index is 0.00587. The average Bonchev–Trinajstić information content (AvgIpc) is 3.28. The van der Waals surface area contributed by atoms with E-state index < -0.39 is 44.5 Å². The highest BCUT2D eigenvalue weighted by Crippen LogP contribution is 2.33. The Labute approximate surface area is 213 Å². The van der Waals surface area contributed by atoms with Crippen molar-refractivity contribution in [2.24, 2.45) is 0 Å². The number of carbonyl (C=O) groups is 3. The van der Waals surface area contributed by atoms with Gasteiger partial charge in [-0.05, 0) is 35.7 Å². The van der Waals surface area contributed by atoms with E-state index in [4.69, 9.17) is 10.4 Å². The number of nitrogens with two attached hydrogens (primary N) is 1. The molecule has 0 radical (unpaired) electrons. The fourth-order valence-corrected chi connectivity index (χ4v) is 4.86. The minimum atomic E-state index is -4.54. The maximum Gasteiger partial charge on any atom is 0.547 e. The summed E-state index contributed by atoms with van der Waals surface area (Å²) in [6, 6.07) is 7.91. The van der Waals surface area contributed by atoms with E-state index in [1.165, 1.54) is 30.5 Å². The number of aromatic nitrogens is 1. The minimum Gasteiger partial charge on any atom is -0.534 e. The van der Waals surface area contributed by atoms with Crippen LogP contribution in [0.2, 0.25) is 0 Å². The lowest BCUT2D eigenvalue weighted by Gasteiger charge is -2.30. The molecule has 2 atom stereocenters. The number of carbonyl (C=O) groups excluding carboxylic acids is 2. The SMILES string of the molecule is Nc1ncc(C(=O)NC(C(=O)NC2Cc3cccc(C(=O)O)c3OB2O)c2ccc(P(=O)(O)O)cc2)s1. The number of hydrogen-bond acceptors (Lipinski definition) is 9. The molecule has 2 amide bonds. The molecule has 13 nitrogen and oxygen atoms in total. The van der Waals surface area contributed by atoms with E-state index in [2.05, 4.69) is 15.6 Å². The Balaban J connectivity index is 1.60. The molecule has 8 N–H and O–H groups in total. The number of para-hydroxylation sites is 1. The highest BCUT2D eigenvalue weighted by Gasteiger charge is 2.39. The lowest BCUT2D eigenvalue weighted by molar-refractivity contribution is -0.123. The summed E-state index contributed by atoms with van der Waals surface area (Å²) in [6.45, 7) is 0. The highest BCUT2D eigenvalue weighted by atomic mass is 32.1. The molecule has 3 aromatic rings. The van der Waals surface area contributed by atoms with Gasteiger partial charge in [-0.1, -0.05) is 35.6 Å². The Kier molecular flexibility index (Phi) is 7.34. The molecule has 1 aliphatic heterocycles. The van der Waals surface area contributed by atoms with Crippen LogP contribution in [0.25, 0.3) is 0 Å². The van der Waals surface area contributed by atoms with Gasteiger partial charge in [0.1, 0.15) is 16.7 Å². The Bertz CT molecular complexity index is 1410. The van der Waals surface area contributed by atoms with E-state index in [9.17, 15) is 38.9 Å². The zero-order valence-electron chi connectivity index (χ0n) is 18.8. The Hall–Kier alpha value is -3.75. The van der Waals surface area contributed by atoms with E-state index in [-0.39, 0.29) is 38.6 Å². The van der Waals surface area contributed by atoms with Crippen molar-refractivity contribution in [3.05, 3.63) is 70.2 Å². The smallest absolute Gasteiger partial charge is 0.534 e. The summed E-state index contributed by atoms with van der Waals surface area (Å²) in [5, 5.41) is 24.8. The second kappa shape index (κ2) is 10.3. The molecule has 2 unspecified atom stereocenters. The second-order valence-electron chi connectivity index (χ2n) is 8.03. The fourth-order valence-electron chi connectivity index (χ4n) is 3.74. The molecule has 2 heterocycles. The van der Waals surface area contributed by atoms with Gasteiger partial charge in [0.25, 0.3) is 5.91 Å². The molecule has 37 heavy (non-hydrogen) atoms. The number of nitrogens with one attached hydrogen (secondary N) is 2. The Morgan fingerprint density at radius 2 is 1.89 bits per heavy atom. The van der Waals surface area contributed by atoms with Crippen molar-refractivity contribution in [2.45, 2.75) is 18.4 Å². The van der Waals surface area contributed by atoms with Gasteiger partial charge in [-0.2, -0.15) is 0 Å². The third-order valence-corrected chi connectivity index (χ3v) is 7.32. The van der Waals surface area contributed by atoms with E-state index in [1.54, 1.807) is 6.07 Å². The van der Waals surface area contributed by atoms with Gasteiger partial charge in [0.2, 0.25) is 5.91 Å². The quantitative estimate of drug-likeness (QED) is 0.152. The van der Waals surface area contributed by atoms with Crippen molar-refractivity contribution in [2.75, 3.05) is 5.73 Å². The number of hydrogen-bond donors (Lipinski definition) is 7. The Morgan fingerprint density at radius 3 is 2.49 bits per heavy atom. The van der Waals surface area contributed by atoms with Crippen LogP contribution in [0.3, 0.4) is 0 Å². The second-order valence-corrected chi connectivity index (χ2v) is 10.7. The van der Waals surface area contributed by atoms with Crippen LogP contribution in [-0.2, 0) is 15.8 Å². The maximum atomic E-state index is 13.3. The van der Waals surface area contributed by atoms with Gasteiger partial charge in [0, 0.05) is 0 Å². The number of amides is 2. The van der Waals surface area contributed by atoms with Crippen molar-refractivity contribution in [3.8, 4) is 5.75 Å². The largest absolute Gasteiger partial charge is 0.547 e.